The number of rotatable bonds is 0. The minimum absolute atomic E-state index is 0.0312. The molecule has 4 fully saturated rings. The first-order chi connectivity index (χ1) is 8.25. The second-order valence-corrected chi connectivity index (χ2v) is 6.31. The molecule has 2 bridgehead atoms. The first-order valence-electron chi connectivity index (χ1n) is 7.06. The van der Waals surface area contributed by atoms with Crippen molar-refractivity contribution in [2.75, 3.05) is 13.2 Å². The predicted octanol–water partition coefficient (Wildman–Crippen LogP) is 2.29. The minimum Gasteiger partial charge on any atom is -0.347 e. The van der Waals surface area contributed by atoms with Crippen LogP contribution in [0.5, 0.6) is 0 Å². The average molecular weight is 236 g/mol. The van der Waals surface area contributed by atoms with Gasteiger partial charge in [0.15, 0.2) is 5.79 Å². The van der Waals surface area contributed by atoms with E-state index in [1.807, 2.05) is 0 Å². The lowest BCUT2D eigenvalue weighted by Gasteiger charge is -2.44. The summed E-state index contributed by atoms with van der Waals surface area (Å²) < 4.78 is 11.8. The van der Waals surface area contributed by atoms with E-state index in [0.29, 0.717) is 17.6 Å². The Morgan fingerprint density at radius 1 is 1.12 bits per heavy atom. The highest BCUT2D eigenvalue weighted by Crippen LogP contribution is 2.63. The van der Waals surface area contributed by atoms with Crippen LogP contribution in [0.25, 0.3) is 0 Å². The summed E-state index contributed by atoms with van der Waals surface area (Å²) in [7, 11) is 0. The molecule has 1 saturated heterocycles. The zero-order valence-corrected chi connectivity index (χ0v) is 10.2. The molecule has 0 radical (unpaired) electrons. The van der Waals surface area contributed by atoms with Crippen LogP contribution in [-0.4, -0.2) is 24.8 Å². The Bertz CT molecular complexity index is 358. The van der Waals surface area contributed by atoms with Gasteiger partial charge in [-0.3, -0.25) is 4.79 Å². The van der Waals surface area contributed by atoms with Gasteiger partial charge >= 0.3 is 0 Å². The molecule has 3 heteroatoms. The molecule has 4 aliphatic rings. The second-order valence-electron chi connectivity index (χ2n) is 6.31. The van der Waals surface area contributed by atoms with Crippen LogP contribution < -0.4 is 0 Å². The molecule has 0 aromatic heterocycles. The minimum atomic E-state index is -0.303. The van der Waals surface area contributed by atoms with E-state index >= 15 is 0 Å². The van der Waals surface area contributed by atoms with Gasteiger partial charge in [0.2, 0.25) is 0 Å². The number of hydrogen-bond acceptors (Lipinski definition) is 3. The lowest BCUT2D eigenvalue weighted by Crippen LogP contribution is -2.47. The first-order valence-corrected chi connectivity index (χ1v) is 7.06. The molecule has 17 heavy (non-hydrogen) atoms. The van der Waals surface area contributed by atoms with E-state index in [1.165, 1.54) is 6.42 Å². The molecule has 4 rings (SSSR count). The molecule has 3 nitrogen and oxygen atoms in total. The monoisotopic (exact) mass is 236 g/mol. The lowest BCUT2D eigenvalue weighted by molar-refractivity contribution is -0.214. The van der Waals surface area contributed by atoms with Gasteiger partial charge in [-0.2, -0.15) is 0 Å². The van der Waals surface area contributed by atoms with E-state index in [9.17, 15) is 4.79 Å². The molecule has 0 N–H and O–H groups in total. The van der Waals surface area contributed by atoms with E-state index in [2.05, 4.69) is 0 Å². The third kappa shape index (κ3) is 1.22. The maximum Gasteiger partial charge on any atom is 0.171 e. The van der Waals surface area contributed by atoms with Crippen molar-refractivity contribution >= 4 is 5.78 Å². The van der Waals surface area contributed by atoms with Gasteiger partial charge in [0.25, 0.3) is 0 Å². The fourth-order valence-corrected chi connectivity index (χ4v) is 4.98. The molecule has 94 valence electrons. The lowest BCUT2D eigenvalue weighted by atomic mass is 9.63. The van der Waals surface area contributed by atoms with Crippen molar-refractivity contribution in [1.29, 1.82) is 0 Å². The van der Waals surface area contributed by atoms with Crippen molar-refractivity contribution in [3.63, 3.8) is 0 Å². The van der Waals surface area contributed by atoms with Crippen molar-refractivity contribution in [2.24, 2.45) is 17.3 Å². The molecule has 0 aromatic rings. The van der Waals surface area contributed by atoms with Crippen molar-refractivity contribution in [2.45, 2.75) is 50.7 Å². The second kappa shape index (κ2) is 3.33. The third-order valence-corrected chi connectivity index (χ3v) is 5.79. The number of ketones is 1. The fourth-order valence-electron chi connectivity index (χ4n) is 4.98. The number of fused-ring (bicyclic) bond motifs is 2. The van der Waals surface area contributed by atoms with Crippen LogP contribution in [0.1, 0.15) is 44.9 Å². The highest BCUT2D eigenvalue weighted by Gasteiger charge is 2.63. The fraction of sp³-hybridized carbons (Fsp3) is 0.929. The number of ether oxygens (including phenoxy) is 2. The maximum absolute atomic E-state index is 12.3. The summed E-state index contributed by atoms with van der Waals surface area (Å²) in [6, 6.07) is 0. The van der Waals surface area contributed by atoms with E-state index in [4.69, 9.17) is 9.47 Å². The van der Waals surface area contributed by atoms with E-state index in [0.717, 1.165) is 51.7 Å². The molecule has 0 aromatic carbocycles. The Labute approximate surface area is 102 Å². The van der Waals surface area contributed by atoms with Gasteiger partial charge in [0.05, 0.1) is 13.2 Å². The number of hydrogen-bond donors (Lipinski definition) is 0. The summed E-state index contributed by atoms with van der Waals surface area (Å²) in [5.41, 5.74) is 0.0312. The summed E-state index contributed by atoms with van der Waals surface area (Å²) >= 11 is 0. The Morgan fingerprint density at radius 2 is 1.94 bits per heavy atom. The summed E-state index contributed by atoms with van der Waals surface area (Å²) in [5, 5.41) is 0. The van der Waals surface area contributed by atoms with Gasteiger partial charge in [-0.05, 0) is 38.0 Å². The summed E-state index contributed by atoms with van der Waals surface area (Å²) in [6.45, 7) is 1.48. The van der Waals surface area contributed by atoms with Gasteiger partial charge in [0.1, 0.15) is 5.78 Å². The molecule has 3 saturated carbocycles. The number of Topliss-reactive ketones (excluding diaryl/α,β-unsaturated/α-hetero) is 1. The number of carbonyl (C=O) groups is 1. The third-order valence-electron chi connectivity index (χ3n) is 5.79. The molecule has 1 aliphatic heterocycles. The van der Waals surface area contributed by atoms with Gasteiger partial charge in [-0.1, -0.05) is 0 Å². The first kappa shape index (κ1) is 10.5. The molecule has 3 aliphatic carbocycles. The van der Waals surface area contributed by atoms with E-state index in [-0.39, 0.29) is 11.2 Å². The molecule has 1 unspecified atom stereocenters. The summed E-state index contributed by atoms with van der Waals surface area (Å²) in [5.74, 6) is 1.35. The Morgan fingerprint density at radius 3 is 2.76 bits per heavy atom. The Hall–Kier alpha value is -0.410. The largest absolute Gasteiger partial charge is 0.347 e. The summed E-state index contributed by atoms with van der Waals surface area (Å²) in [4.78, 5) is 12.3. The maximum atomic E-state index is 12.3. The average Bonchev–Trinajstić information content (AvgIpc) is 2.89. The Balaban J connectivity index is 1.68. The molecular formula is C14H20O3. The summed E-state index contributed by atoms with van der Waals surface area (Å²) in [6.07, 6.45) is 7.32. The van der Waals surface area contributed by atoms with E-state index in [1.54, 1.807) is 0 Å². The van der Waals surface area contributed by atoms with Crippen LogP contribution >= 0.6 is 0 Å². The van der Waals surface area contributed by atoms with Crippen molar-refractivity contribution in [1.82, 2.24) is 0 Å². The molecule has 0 amide bonds. The van der Waals surface area contributed by atoms with Gasteiger partial charge < -0.3 is 9.47 Å². The van der Waals surface area contributed by atoms with Gasteiger partial charge in [0, 0.05) is 24.2 Å². The van der Waals surface area contributed by atoms with Crippen LogP contribution in [0.15, 0.2) is 0 Å². The van der Waals surface area contributed by atoms with Crippen molar-refractivity contribution < 1.29 is 14.3 Å². The van der Waals surface area contributed by atoms with Crippen molar-refractivity contribution in [3.8, 4) is 0 Å². The smallest absolute Gasteiger partial charge is 0.171 e. The van der Waals surface area contributed by atoms with Gasteiger partial charge in [-0.15, -0.1) is 0 Å². The number of carbonyl (C=O) groups excluding carboxylic acids is 1. The van der Waals surface area contributed by atoms with Crippen LogP contribution in [0.4, 0.5) is 0 Å². The molecule has 1 heterocycles. The van der Waals surface area contributed by atoms with Crippen LogP contribution in [0, 0.1) is 17.3 Å². The molecular weight excluding hydrogens is 216 g/mol. The van der Waals surface area contributed by atoms with Gasteiger partial charge in [-0.25, -0.2) is 0 Å². The highest BCUT2D eigenvalue weighted by atomic mass is 16.7. The highest BCUT2D eigenvalue weighted by molar-refractivity contribution is 5.86. The van der Waals surface area contributed by atoms with Crippen LogP contribution in [0.2, 0.25) is 0 Å². The topological polar surface area (TPSA) is 35.5 Å². The standard InChI is InChI=1S/C14H20O3/c15-12-3-1-2-10-8-11-9-13(10,12)4-5-14(11)16-6-7-17-14/h10-11H,1-9H2/t10-,11?,13-/m0/s1. The van der Waals surface area contributed by atoms with Crippen molar-refractivity contribution in [3.05, 3.63) is 0 Å². The van der Waals surface area contributed by atoms with E-state index < -0.39 is 0 Å². The Kier molecular flexibility index (Phi) is 2.06. The molecule has 3 atom stereocenters. The predicted molar refractivity (Wildman–Crippen MR) is 61.4 cm³/mol. The normalized spacial score (nSPS) is 47.4. The zero-order chi connectivity index (χ0) is 11.5. The van der Waals surface area contributed by atoms with Crippen LogP contribution in [0.3, 0.4) is 0 Å². The SMILES string of the molecule is O=C1CCC[C@H]2CC3C[C@]12CCC31OCCO1. The zero-order valence-electron chi connectivity index (χ0n) is 10.2. The molecule has 2 spiro atoms. The quantitative estimate of drug-likeness (QED) is 0.647. The van der Waals surface area contributed by atoms with Crippen LogP contribution in [-0.2, 0) is 14.3 Å².